The van der Waals surface area contributed by atoms with Gasteiger partial charge in [0, 0.05) is 68.9 Å². The monoisotopic (exact) mass is 856 g/mol. The molecule has 2 aliphatic rings. The van der Waals surface area contributed by atoms with Crippen LogP contribution in [-0.4, -0.2) is 75.1 Å². The molecule has 64 heavy (non-hydrogen) atoms. The third-order valence-corrected chi connectivity index (χ3v) is 11.9. The van der Waals surface area contributed by atoms with E-state index in [1.807, 2.05) is 38.5 Å². The van der Waals surface area contributed by atoms with Gasteiger partial charge in [0.2, 0.25) is 17.8 Å². The maximum Gasteiger partial charge on any atom is 0.248 e. The van der Waals surface area contributed by atoms with E-state index >= 15 is 0 Å². The molecule has 2 aliphatic heterocycles. The molecule has 4 aromatic carbocycles. The summed E-state index contributed by atoms with van der Waals surface area (Å²) in [6.07, 6.45) is 5.44. The molecule has 0 saturated heterocycles. The second-order valence-electron chi connectivity index (χ2n) is 16.5. The van der Waals surface area contributed by atoms with Gasteiger partial charge in [0.15, 0.2) is 22.9 Å². The van der Waals surface area contributed by atoms with Gasteiger partial charge in [-0.1, -0.05) is 48.5 Å². The summed E-state index contributed by atoms with van der Waals surface area (Å²) in [7, 11) is 3.76. The van der Waals surface area contributed by atoms with Gasteiger partial charge in [-0.25, -0.2) is 19.3 Å². The second-order valence-corrected chi connectivity index (χ2v) is 16.5. The Morgan fingerprint density at radius 2 is 1.16 bits per heavy atom. The number of carbonyl (C=O) groups is 1. The predicted molar refractivity (Wildman–Crippen MR) is 252 cm³/mol. The van der Waals surface area contributed by atoms with E-state index in [9.17, 15) is 9.90 Å². The molecule has 4 aromatic heterocycles. The van der Waals surface area contributed by atoms with Gasteiger partial charge < -0.3 is 36.6 Å². The number of amides is 1. The van der Waals surface area contributed by atoms with Crippen molar-refractivity contribution in [2.45, 2.75) is 53.6 Å². The fourth-order valence-corrected chi connectivity index (χ4v) is 8.40. The Kier molecular flexibility index (Phi) is 11.6. The highest BCUT2D eigenvalue weighted by Gasteiger charge is 2.21. The molecular formula is C48H52N14O2. The summed E-state index contributed by atoms with van der Waals surface area (Å²) in [6.45, 7) is 10.9. The van der Waals surface area contributed by atoms with E-state index < -0.39 is 6.61 Å². The molecule has 0 unspecified atom stereocenters. The highest BCUT2D eigenvalue weighted by atomic mass is 16.3. The smallest absolute Gasteiger partial charge is 0.248 e. The van der Waals surface area contributed by atoms with Crippen molar-refractivity contribution in [3.05, 3.63) is 130 Å². The van der Waals surface area contributed by atoms with Gasteiger partial charge in [-0.2, -0.15) is 20.2 Å². The van der Waals surface area contributed by atoms with Crippen LogP contribution in [0.1, 0.15) is 44.5 Å². The molecule has 326 valence electrons. The highest BCUT2D eigenvalue weighted by molar-refractivity contribution is 5.91. The summed E-state index contributed by atoms with van der Waals surface area (Å²) >= 11 is 0. The maximum absolute atomic E-state index is 11.9. The van der Waals surface area contributed by atoms with Crippen LogP contribution in [0.15, 0.2) is 85.2 Å². The molecule has 0 aliphatic carbocycles. The molecular weight excluding hydrogens is 805 g/mol. The van der Waals surface area contributed by atoms with Crippen molar-refractivity contribution in [2.24, 2.45) is 14.1 Å². The molecule has 10 rings (SSSR count). The predicted octanol–water partition coefficient (Wildman–Crippen LogP) is 7.46. The summed E-state index contributed by atoms with van der Waals surface area (Å²) < 4.78 is 3.53. The molecule has 8 aromatic rings. The second kappa shape index (κ2) is 17.7. The summed E-state index contributed by atoms with van der Waals surface area (Å²) in [5, 5.41) is 37.1. The Balaban J connectivity index is 0.000000163. The minimum absolute atomic E-state index is 0.251. The van der Waals surface area contributed by atoms with Crippen LogP contribution in [0.4, 0.5) is 46.3 Å². The van der Waals surface area contributed by atoms with Crippen LogP contribution in [0.5, 0.6) is 0 Å². The van der Waals surface area contributed by atoms with Gasteiger partial charge >= 0.3 is 0 Å². The third kappa shape index (κ3) is 8.65. The Hall–Kier alpha value is -7.43. The van der Waals surface area contributed by atoms with E-state index in [0.717, 1.165) is 87.6 Å². The Morgan fingerprint density at radius 1 is 0.656 bits per heavy atom. The first kappa shape index (κ1) is 41.9. The Morgan fingerprint density at radius 3 is 1.67 bits per heavy atom. The number of aliphatic hydroxyl groups is 1. The van der Waals surface area contributed by atoms with Crippen molar-refractivity contribution < 1.29 is 9.90 Å². The minimum atomic E-state index is -0.466. The van der Waals surface area contributed by atoms with E-state index in [2.05, 4.69) is 134 Å². The molecule has 0 radical (unpaired) electrons. The normalized spacial score (nSPS) is 13.2. The molecule has 16 nitrogen and oxygen atoms in total. The lowest BCUT2D eigenvalue weighted by atomic mass is 9.99. The first-order valence-electron chi connectivity index (χ1n) is 21.4. The van der Waals surface area contributed by atoms with Gasteiger partial charge in [-0.3, -0.25) is 4.79 Å². The third-order valence-electron chi connectivity index (χ3n) is 11.9. The maximum atomic E-state index is 11.9. The Bertz CT molecular complexity index is 3010. The van der Waals surface area contributed by atoms with Crippen molar-refractivity contribution in [3.8, 4) is 0 Å². The van der Waals surface area contributed by atoms with E-state index in [-0.39, 0.29) is 5.91 Å². The SMILES string of the molecule is Cc1cccc(C)c1Nc1nn(C)c2nc(Nc3ccc4c(c3)CN(C(=O)CO)CC4)ncc12.Cc1cccc(C)c1Nc1nn(C)c2nc(Nc3ccc4c(c3)CNCC4)ncc12. The van der Waals surface area contributed by atoms with Crippen molar-refractivity contribution in [3.63, 3.8) is 0 Å². The number of aliphatic hydroxyl groups excluding tert-OH is 1. The summed E-state index contributed by atoms with van der Waals surface area (Å²) in [4.78, 5) is 32.0. The largest absolute Gasteiger partial charge is 0.387 e. The number of hydrogen-bond acceptors (Lipinski definition) is 13. The number of benzene rings is 4. The number of rotatable bonds is 9. The molecule has 6 heterocycles. The van der Waals surface area contributed by atoms with Crippen LogP contribution < -0.4 is 26.6 Å². The van der Waals surface area contributed by atoms with Crippen LogP contribution in [-0.2, 0) is 44.8 Å². The van der Waals surface area contributed by atoms with E-state index in [4.69, 9.17) is 4.98 Å². The molecule has 16 heteroatoms. The molecule has 0 spiro atoms. The molecule has 6 N–H and O–H groups in total. The van der Waals surface area contributed by atoms with Crippen molar-refractivity contribution in [1.29, 1.82) is 0 Å². The lowest BCUT2D eigenvalue weighted by Crippen LogP contribution is -2.37. The molecule has 1 amide bonds. The van der Waals surface area contributed by atoms with Crippen molar-refractivity contribution in [2.75, 3.05) is 41.0 Å². The number of aromatic nitrogens is 8. The first-order chi connectivity index (χ1) is 31.0. The molecule has 0 bridgehead atoms. The number of fused-ring (bicyclic) bond motifs is 4. The quantitative estimate of drug-likeness (QED) is 0.0841. The van der Waals surface area contributed by atoms with Gasteiger partial charge in [-0.05, 0) is 116 Å². The fraction of sp³-hybridized carbons (Fsp3) is 0.271. The van der Waals surface area contributed by atoms with Gasteiger partial charge in [0.25, 0.3) is 0 Å². The number of carbonyl (C=O) groups excluding carboxylic acids is 1. The average molecular weight is 857 g/mol. The van der Waals surface area contributed by atoms with E-state index in [1.165, 1.54) is 27.8 Å². The molecule has 0 atom stereocenters. The average Bonchev–Trinajstić information content (AvgIpc) is 3.78. The van der Waals surface area contributed by atoms with Gasteiger partial charge in [0.1, 0.15) is 6.61 Å². The van der Waals surface area contributed by atoms with E-state index in [1.54, 1.807) is 20.5 Å². The summed E-state index contributed by atoms with van der Waals surface area (Å²) in [6, 6.07) is 24.9. The minimum Gasteiger partial charge on any atom is -0.387 e. The molecule has 0 fully saturated rings. The topological polar surface area (TPSA) is 188 Å². The van der Waals surface area contributed by atoms with Crippen LogP contribution in [0, 0.1) is 27.7 Å². The standard InChI is InChI=1S/C25H27N7O2.C23H25N7/c1-15-5-4-6-16(2)22(15)28-23-20-12-26-25(29-24(20)31(3)30-23)27-19-8-7-17-9-10-32(21(34)14-33)13-18(17)11-19;1-14-5-4-6-15(2)20(14)27-21-19-13-25-23(28-22(19)30(3)29-21)26-18-8-7-16-9-10-24-12-17(16)11-18/h4-8,11-12,33H,9-10,13-14H2,1-3H3,(H,28,30)(H,26,27,29);4-8,11,13,24H,9-10,12H2,1-3H3,(H,27,29)(H,25,26,28). The number of hydrogen-bond donors (Lipinski definition) is 6. The number of aryl methyl sites for hydroxylation is 6. The summed E-state index contributed by atoms with van der Waals surface area (Å²) in [5.74, 6) is 2.25. The Labute approximate surface area is 371 Å². The van der Waals surface area contributed by atoms with Crippen LogP contribution >= 0.6 is 0 Å². The number of anilines is 8. The van der Waals surface area contributed by atoms with Crippen LogP contribution in [0.3, 0.4) is 0 Å². The molecule has 0 saturated carbocycles. The van der Waals surface area contributed by atoms with Crippen LogP contribution in [0.25, 0.3) is 22.1 Å². The summed E-state index contributed by atoms with van der Waals surface area (Å²) in [5.41, 5.74) is 15.1. The van der Waals surface area contributed by atoms with Gasteiger partial charge in [-0.15, -0.1) is 0 Å². The number of nitrogens with one attached hydrogen (secondary N) is 5. The number of para-hydroxylation sites is 2. The van der Waals surface area contributed by atoms with Crippen molar-refractivity contribution in [1.82, 2.24) is 49.7 Å². The zero-order valence-corrected chi connectivity index (χ0v) is 36.9. The fourth-order valence-electron chi connectivity index (χ4n) is 8.40. The number of nitrogens with zero attached hydrogens (tertiary/aromatic N) is 9. The lowest BCUT2D eigenvalue weighted by Gasteiger charge is -2.28. The highest BCUT2D eigenvalue weighted by Crippen LogP contribution is 2.31. The lowest BCUT2D eigenvalue weighted by molar-refractivity contribution is -0.135. The van der Waals surface area contributed by atoms with E-state index in [0.29, 0.717) is 36.5 Å². The van der Waals surface area contributed by atoms with Gasteiger partial charge in [0.05, 0.1) is 10.8 Å². The zero-order chi connectivity index (χ0) is 44.5. The zero-order valence-electron chi connectivity index (χ0n) is 36.9. The van der Waals surface area contributed by atoms with Crippen LogP contribution in [0.2, 0.25) is 0 Å². The van der Waals surface area contributed by atoms with Crippen molar-refractivity contribution >= 4 is 74.3 Å². The first-order valence-corrected chi connectivity index (χ1v) is 21.4.